The van der Waals surface area contributed by atoms with Crippen molar-refractivity contribution < 1.29 is 33.6 Å². The largest absolute Gasteiger partial charge is 0.507 e. The second-order valence-electron chi connectivity index (χ2n) is 6.06. The summed E-state index contributed by atoms with van der Waals surface area (Å²) in [5.41, 5.74) is 1.75. The lowest BCUT2D eigenvalue weighted by atomic mass is 9.88. The number of hydrogen-bond acceptors (Lipinski definition) is 7. The molecule has 0 spiro atoms. The number of Topliss-reactive ketones (excluding diaryl/α,β-unsaturated/α-hetero) is 1. The van der Waals surface area contributed by atoms with Crippen LogP contribution in [-0.2, 0) is 11.3 Å². The van der Waals surface area contributed by atoms with Gasteiger partial charge in [0.2, 0.25) is 5.78 Å². The third kappa shape index (κ3) is 2.35. The van der Waals surface area contributed by atoms with Crippen molar-refractivity contribution in [3.63, 3.8) is 0 Å². The molecule has 2 aromatic carbocycles. The predicted octanol–water partition coefficient (Wildman–Crippen LogP) is 2.63. The van der Waals surface area contributed by atoms with Gasteiger partial charge in [0.1, 0.15) is 22.8 Å². The number of hydrogen-bond donors (Lipinski definition) is 1. The standard InChI is InChI=1S/C19H18O7/c1-22-10-5-12(20)16-15(6-10)26-18-11-7-14(24-3)13(23-2)4-9(11)8-25-19(18)17(16)21/h4-7,18-20H,8H2,1-3H3. The summed E-state index contributed by atoms with van der Waals surface area (Å²) in [6.07, 6.45) is -1.49. The van der Waals surface area contributed by atoms with Crippen LogP contribution in [0.3, 0.4) is 0 Å². The van der Waals surface area contributed by atoms with E-state index in [0.717, 1.165) is 11.1 Å². The fourth-order valence-corrected chi connectivity index (χ4v) is 3.41. The minimum Gasteiger partial charge on any atom is -0.507 e. The van der Waals surface area contributed by atoms with Crippen LogP contribution in [0.4, 0.5) is 0 Å². The zero-order valence-corrected chi connectivity index (χ0v) is 14.6. The first-order chi connectivity index (χ1) is 12.6. The summed E-state index contributed by atoms with van der Waals surface area (Å²) >= 11 is 0. The number of fused-ring (bicyclic) bond motifs is 4. The molecule has 26 heavy (non-hydrogen) atoms. The van der Waals surface area contributed by atoms with Gasteiger partial charge < -0.3 is 28.8 Å². The average molecular weight is 358 g/mol. The molecule has 0 fully saturated rings. The Morgan fingerprint density at radius 1 is 1.00 bits per heavy atom. The first-order valence-electron chi connectivity index (χ1n) is 8.05. The summed E-state index contributed by atoms with van der Waals surface area (Å²) in [7, 11) is 4.58. The lowest BCUT2D eigenvalue weighted by Crippen LogP contribution is -2.41. The number of methoxy groups -OCH3 is 3. The molecule has 2 atom stereocenters. The van der Waals surface area contributed by atoms with Crippen molar-refractivity contribution in [2.45, 2.75) is 18.8 Å². The van der Waals surface area contributed by atoms with Crippen molar-refractivity contribution in [3.05, 3.63) is 41.0 Å². The van der Waals surface area contributed by atoms with E-state index in [1.54, 1.807) is 26.4 Å². The summed E-state index contributed by atoms with van der Waals surface area (Å²) in [4.78, 5) is 12.9. The summed E-state index contributed by atoms with van der Waals surface area (Å²) < 4.78 is 27.6. The van der Waals surface area contributed by atoms with Crippen molar-refractivity contribution in [1.82, 2.24) is 0 Å². The highest BCUT2D eigenvalue weighted by Gasteiger charge is 2.44. The maximum absolute atomic E-state index is 12.9. The van der Waals surface area contributed by atoms with Gasteiger partial charge in [-0.3, -0.25) is 4.79 Å². The third-order valence-electron chi connectivity index (χ3n) is 4.69. The molecule has 0 bridgehead atoms. The van der Waals surface area contributed by atoms with Crippen molar-refractivity contribution in [2.24, 2.45) is 0 Å². The highest BCUT2D eigenvalue weighted by atomic mass is 16.6. The van der Waals surface area contributed by atoms with Crippen LogP contribution >= 0.6 is 0 Å². The molecule has 2 heterocycles. The van der Waals surface area contributed by atoms with E-state index in [4.69, 9.17) is 23.7 Å². The van der Waals surface area contributed by atoms with Crippen LogP contribution in [0.25, 0.3) is 0 Å². The number of ether oxygens (including phenoxy) is 5. The minimum atomic E-state index is -0.840. The van der Waals surface area contributed by atoms with Gasteiger partial charge in [-0.2, -0.15) is 0 Å². The van der Waals surface area contributed by atoms with Crippen molar-refractivity contribution in [1.29, 1.82) is 0 Å². The van der Waals surface area contributed by atoms with Gasteiger partial charge in [-0.05, 0) is 17.7 Å². The Morgan fingerprint density at radius 2 is 1.73 bits per heavy atom. The second kappa shape index (κ2) is 6.10. The van der Waals surface area contributed by atoms with Gasteiger partial charge in [0.05, 0.1) is 27.9 Å². The van der Waals surface area contributed by atoms with Gasteiger partial charge in [-0.1, -0.05) is 0 Å². The first-order valence-corrected chi connectivity index (χ1v) is 8.05. The fraction of sp³-hybridized carbons (Fsp3) is 0.316. The van der Waals surface area contributed by atoms with Crippen LogP contribution < -0.4 is 18.9 Å². The number of benzene rings is 2. The van der Waals surface area contributed by atoms with Crippen LogP contribution in [0.5, 0.6) is 28.7 Å². The molecule has 0 aromatic heterocycles. The SMILES string of the molecule is COc1cc(O)c2c(c1)OC1c3cc(OC)c(OC)cc3COC1C2=O. The van der Waals surface area contributed by atoms with Gasteiger partial charge in [0, 0.05) is 17.7 Å². The van der Waals surface area contributed by atoms with E-state index >= 15 is 0 Å². The van der Waals surface area contributed by atoms with Crippen molar-refractivity contribution in [2.75, 3.05) is 21.3 Å². The van der Waals surface area contributed by atoms with E-state index in [0.29, 0.717) is 17.2 Å². The number of ketones is 1. The number of phenolic OH excluding ortho intramolecular Hbond substituents is 1. The Kier molecular flexibility index (Phi) is 3.88. The molecule has 2 unspecified atom stereocenters. The molecule has 7 heteroatoms. The summed E-state index contributed by atoms with van der Waals surface area (Å²) in [5, 5.41) is 10.2. The molecule has 2 aliphatic heterocycles. The van der Waals surface area contributed by atoms with Crippen LogP contribution in [-0.4, -0.2) is 38.3 Å². The van der Waals surface area contributed by atoms with E-state index in [1.165, 1.54) is 13.2 Å². The molecule has 136 valence electrons. The lowest BCUT2D eigenvalue weighted by Gasteiger charge is -2.37. The Balaban J connectivity index is 1.83. The zero-order chi connectivity index (χ0) is 18.4. The smallest absolute Gasteiger partial charge is 0.203 e. The summed E-state index contributed by atoms with van der Waals surface area (Å²) in [5.74, 6) is 1.27. The topological polar surface area (TPSA) is 83.5 Å². The molecule has 0 aliphatic carbocycles. The van der Waals surface area contributed by atoms with Crippen LogP contribution in [0, 0.1) is 0 Å². The number of phenols is 1. The number of rotatable bonds is 3. The molecule has 4 rings (SSSR count). The quantitative estimate of drug-likeness (QED) is 0.903. The van der Waals surface area contributed by atoms with Gasteiger partial charge in [0.15, 0.2) is 23.7 Å². The van der Waals surface area contributed by atoms with Crippen molar-refractivity contribution >= 4 is 5.78 Å². The Bertz CT molecular complexity index is 890. The molecule has 7 nitrogen and oxygen atoms in total. The van der Waals surface area contributed by atoms with Gasteiger partial charge in [0.25, 0.3) is 0 Å². The van der Waals surface area contributed by atoms with E-state index < -0.39 is 12.2 Å². The number of carbonyl (C=O) groups excluding carboxylic acids is 1. The van der Waals surface area contributed by atoms with Gasteiger partial charge >= 0.3 is 0 Å². The molecule has 1 N–H and O–H groups in total. The van der Waals surface area contributed by atoms with Crippen LogP contribution in [0.1, 0.15) is 27.6 Å². The lowest BCUT2D eigenvalue weighted by molar-refractivity contribution is -0.0427. The third-order valence-corrected chi connectivity index (χ3v) is 4.69. The molecular formula is C19H18O7. The molecule has 0 amide bonds. The van der Waals surface area contributed by atoms with E-state index in [1.807, 2.05) is 6.07 Å². The fourth-order valence-electron chi connectivity index (χ4n) is 3.41. The Labute approximate surface area is 150 Å². The monoisotopic (exact) mass is 358 g/mol. The van der Waals surface area contributed by atoms with Crippen molar-refractivity contribution in [3.8, 4) is 28.7 Å². The predicted molar refractivity (Wildman–Crippen MR) is 90.5 cm³/mol. The van der Waals surface area contributed by atoms with Gasteiger partial charge in [-0.25, -0.2) is 0 Å². The second-order valence-corrected chi connectivity index (χ2v) is 6.06. The van der Waals surface area contributed by atoms with E-state index in [2.05, 4.69) is 0 Å². The molecule has 0 saturated heterocycles. The summed E-state index contributed by atoms with van der Waals surface area (Å²) in [6.45, 7) is 0.234. The molecule has 0 radical (unpaired) electrons. The maximum atomic E-state index is 12.9. The molecule has 2 aromatic rings. The Morgan fingerprint density at radius 3 is 2.42 bits per heavy atom. The maximum Gasteiger partial charge on any atom is 0.203 e. The zero-order valence-electron chi connectivity index (χ0n) is 14.6. The normalized spacial score (nSPS) is 20.3. The molecule has 2 aliphatic rings. The highest BCUT2D eigenvalue weighted by molar-refractivity contribution is 6.06. The van der Waals surface area contributed by atoms with Gasteiger partial charge in [-0.15, -0.1) is 0 Å². The highest BCUT2D eigenvalue weighted by Crippen LogP contribution is 2.47. The van der Waals surface area contributed by atoms with Crippen LogP contribution in [0.15, 0.2) is 24.3 Å². The van der Waals surface area contributed by atoms with Crippen LogP contribution in [0.2, 0.25) is 0 Å². The average Bonchev–Trinajstić information content (AvgIpc) is 2.66. The Hall–Kier alpha value is -2.93. The molecule has 0 saturated carbocycles. The minimum absolute atomic E-state index is 0.107. The molecular weight excluding hydrogens is 340 g/mol. The number of carbonyl (C=O) groups is 1. The van der Waals surface area contributed by atoms with E-state index in [9.17, 15) is 9.90 Å². The van der Waals surface area contributed by atoms with E-state index in [-0.39, 0.29) is 29.5 Å². The first kappa shape index (κ1) is 16.5. The number of aromatic hydroxyl groups is 1. The summed E-state index contributed by atoms with van der Waals surface area (Å²) in [6, 6.07) is 6.58.